The lowest BCUT2D eigenvalue weighted by Gasteiger charge is -2.16. The number of anilines is 1. The Bertz CT molecular complexity index is 563. The van der Waals surface area contributed by atoms with E-state index >= 15 is 0 Å². The van der Waals surface area contributed by atoms with Crippen molar-refractivity contribution >= 4 is 17.0 Å². The van der Waals surface area contributed by atoms with E-state index in [0.717, 1.165) is 22.7 Å². The molecule has 0 fully saturated rings. The first kappa shape index (κ1) is 13.9. The van der Waals surface area contributed by atoms with Gasteiger partial charge in [0.15, 0.2) is 0 Å². The molecule has 0 amide bonds. The molecule has 1 aromatic heterocycles. The van der Waals surface area contributed by atoms with Crippen molar-refractivity contribution in [3.05, 3.63) is 45.9 Å². The minimum Gasteiger partial charge on any atom is -0.378 e. The molecule has 2 nitrogen and oxygen atoms in total. The smallest absolute Gasteiger partial charge is 0.378 e. The van der Waals surface area contributed by atoms with Crippen LogP contribution in [0.3, 0.4) is 0 Å². The van der Waals surface area contributed by atoms with Gasteiger partial charge >= 0.3 is 6.18 Å². The van der Waals surface area contributed by atoms with Gasteiger partial charge in [-0.2, -0.15) is 13.2 Å². The summed E-state index contributed by atoms with van der Waals surface area (Å²) in [6.07, 6.45) is -4.32. The third-order valence-electron chi connectivity index (χ3n) is 2.75. The van der Waals surface area contributed by atoms with Gasteiger partial charge in [0, 0.05) is 10.6 Å². The molecule has 0 aliphatic rings. The molecule has 0 saturated carbocycles. The SMILES string of the molecule is Cc1ncsc1C(C)Nc1cccc(C(F)(F)F)c1. The Morgan fingerprint density at radius 3 is 2.63 bits per heavy atom. The number of hydrogen-bond acceptors (Lipinski definition) is 3. The molecule has 1 unspecified atom stereocenters. The van der Waals surface area contributed by atoms with Crippen molar-refractivity contribution in [2.75, 3.05) is 5.32 Å². The lowest BCUT2D eigenvalue weighted by Crippen LogP contribution is -2.09. The Morgan fingerprint density at radius 1 is 1.32 bits per heavy atom. The zero-order valence-electron chi connectivity index (χ0n) is 10.5. The molecule has 2 aromatic rings. The number of nitrogens with one attached hydrogen (secondary N) is 1. The number of hydrogen-bond donors (Lipinski definition) is 1. The van der Waals surface area contributed by atoms with Crippen LogP contribution in [0.15, 0.2) is 29.8 Å². The Labute approximate surface area is 113 Å². The third kappa shape index (κ3) is 3.26. The van der Waals surface area contributed by atoms with Gasteiger partial charge in [-0.05, 0) is 32.0 Å². The molecular weight excluding hydrogens is 273 g/mol. The van der Waals surface area contributed by atoms with E-state index in [2.05, 4.69) is 10.3 Å². The summed E-state index contributed by atoms with van der Waals surface area (Å²) in [7, 11) is 0. The number of thiazole rings is 1. The molecule has 6 heteroatoms. The van der Waals surface area contributed by atoms with Crippen LogP contribution >= 0.6 is 11.3 Å². The van der Waals surface area contributed by atoms with Gasteiger partial charge in [-0.1, -0.05) is 6.07 Å². The normalized spacial score (nSPS) is 13.3. The van der Waals surface area contributed by atoms with E-state index in [0.29, 0.717) is 5.69 Å². The fourth-order valence-corrected chi connectivity index (χ4v) is 2.64. The summed E-state index contributed by atoms with van der Waals surface area (Å²) in [5.41, 5.74) is 2.44. The van der Waals surface area contributed by atoms with Gasteiger partial charge in [0.05, 0.1) is 22.8 Å². The monoisotopic (exact) mass is 286 g/mol. The Balaban J connectivity index is 2.18. The van der Waals surface area contributed by atoms with Gasteiger partial charge in [0.1, 0.15) is 0 Å². The first-order chi connectivity index (χ1) is 8.88. The second-order valence-corrected chi connectivity index (χ2v) is 5.13. The van der Waals surface area contributed by atoms with Gasteiger partial charge in [-0.15, -0.1) is 11.3 Å². The molecule has 0 aliphatic carbocycles. The molecule has 1 atom stereocenters. The molecular formula is C13H13F3N2S. The van der Waals surface area contributed by atoms with E-state index in [1.807, 2.05) is 13.8 Å². The van der Waals surface area contributed by atoms with Crippen LogP contribution in [0.1, 0.15) is 29.1 Å². The molecule has 0 spiro atoms. The second-order valence-electron chi connectivity index (χ2n) is 4.25. The standard InChI is InChI=1S/C13H13F3N2S/c1-8-12(19-7-17-8)9(2)18-11-5-3-4-10(6-11)13(14,15)16/h3-7,9,18H,1-2H3. The Hall–Kier alpha value is -1.56. The van der Waals surface area contributed by atoms with Crippen molar-refractivity contribution in [1.29, 1.82) is 0 Å². The fourth-order valence-electron chi connectivity index (χ4n) is 1.83. The maximum atomic E-state index is 12.6. The molecule has 0 saturated heterocycles. The molecule has 1 heterocycles. The van der Waals surface area contributed by atoms with E-state index in [9.17, 15) is 13.2 Å². The number of rotatable bonds is 3. The highest BCUT2D eigenvalue weighted by Crippen LogP contribution is 2.32. The van der Waals surface area contributed by atoms with Crippen LogP contribution in [0, 0.1) is 6.92 Å². The lowest BCUT2D eigenvalue weighted by atomic mass is 10.1. The van der Waals surface area contributed by atoms with E-state index < -0.39 is 11.7 Å². The van der Waals surface area contributed by atoms with Crippen LogP contribution in [0.4, 0.5) is 18.9 Å². The first-order valence-electron chi connectivity index (χ1n) is 5.71. The van der Waals surface area contributed by atoms with E-state index in [4.69, 9.17) is 0 Å². The Morgan fingerprint density at radius 2 is 2.05 bits per heavy atom. The zero-order valence-corrected chi connectivity index (χ0v) is 11.3. The third-order valence-corrected chi connectivity index (χ3v) is 3.86. The van der Waals surface area contributed by atoms with Crippen LogP contribution in [-0.4, -0.2) is 4.98 Å². The summed E-state index contributed by atoms with van der Waals surface area (Å²) in [4.78, 5) is 5.16. The highest BCUT2D eigenvalue weighted by atomic mass is 32.1. The van der Waals surface area contributed by atoms with Gasteiger partial charge in [0.2, 0.25) is 0 Å². The van der Waals surface area contributed by atoms with E-state index in [-0.39, 0.29) is 6.04 Å². The largest absolute Gasteiger partial charge is 0.416 e. The predicted molar refractivity (Wildman–Crippen MR) is 70.3 cm³/mol. The number of nitrogens with zero attached hydrogens (tertiary/aromatic N) is 1. The van der Waals surface area contributed by atoms with Crippen LogP contribution in [0.5, 0.6) is 0 Å². The van der Waals surface area contributed by atoms with Crippen molar-refractivity contribution < 1.29 is 13.2 Å². The highest BCUT2D eigenvalue weighted by molar-refractivity contribution is 7.09. The van der Waals surface area contributed by atoms with Crippen molar-refractivity contribution in [2.24, 2.45) is 0 Å². The minimum absolute atomic E-state index is 0.0732. The number of aromatic nitrogens is 1. The molecule has 0 radical (unpaired) electrons. The van der Waals surface area contributed by atoms with Crippen LogP contribution in [0.2, 0.25) is 0 Å². The van der Waals surface area contributed by atoms with Crippen molar-refractivity contribution in [1.82, 2.24) is 4.98 Å². The highest BCUT2D eigenvalue weighted by Gasteiger charge is 2.30. The summed E-state index contributed by atoms with van der Waals surface area (Å²) < 4.78 is 37.8. The quantitative estimate of drug-likeness (QED) is 0.888. The van der Waals surface area contributed by atoms with Crippen LogP contribution in [-0.2, 0) is 6.18 Å². The molecule has 2 rings (SSSR count). The Kier molecular flexibility index (Phi) is 3.80. The molecule has 0 aliphatic heterocycles. The first-order valence-corrected chi connectivity index (χ1v) is 6.59. The summed E-state index contributed by atoms with van der Waals surface area (Å²) in [6.45, 7) is 3.79. The van der Waals surface area contributed by atoms with Crippen molar-refractivity contribution in [3.63, 3.8) is 0 Å². The summed E-state index contributed by atoms with van der Waals surface area (Å²) in [5, 5.41) is 3.07. The van der Waals surface area contributed by atoms with Crippen molar-refractivity contribution in [3.8, 4) is 0 Å². The number of halogens is 3. The fraction of sp³-hybridized carbons (Fsp3) is 0.308. The average molecular weight is 286 g/mol. The molecule has 1 N–H and O–H groups in total. The van der Waals surface area contributed by atoms with Crippen LogP contribution in [0.25, 0.3) is 0 Å². The van der Waals surface area contributed by atoms with Gasteiger partial charge in [0.25, 0.3) is 0 Å². The van der Waals surface area contributed by atoms with Gasteiger partial charge in [-0.25, -0.2) is 4.98 Å². The molecule has 0 bridgehead atoms. The average Bonchev–Trinajstić information content (AvgIpc) is 2.75. The van der Waals surface area contributed by atoms with E-state index in [1.54, 1.807) is 11.6 Å². The van der Waals surface area contributed by atoms with Crippen molar-refractivity contribution in [2.45, 2.75) is 26.1 Å². The van der Waals surface area contributed by atoms with Gasteiger partial charge in [-0.3, -0.25) is 0 Å². The number of benzene rings is 1. The number of aryl methyl sites for hydroxylation is 1. The zero-order chi connectivity index (χ0) is 14.0. The minimum atomic E-state index is -4.32. The second kappa shape index (κ2) is 5.21. The maximum Gasteiger partial charge on any atom is 0.416 e. The lowest BCUT2D eigenvalue weighted by molar-refractivity contribution is -0.137. The predicted octanol–water partition coefficient (Wildman–Crippen LogP) is 4.64. The van der Waals surface area contributed by atoms with Gasteiger partial charge < -0.3 is 5.32 Å². The molecule has 1 aromatic carbocycles. The van der Waals surface area contributed by atoms with Crippen LogP contribution < -0.4 is 5.32 Å². The molecule has 19 heavy (non-hydrogen) atoms. The van der Waals surface area contributed by atoms with E-state index in [1.165, 1.54) is 17.4 Å². The summed E-state index contributed by atoms with van der Waals surface area (Å²) in [5.74, 6) is 0. The summed E-state index contributed by atoms with van der Waals surface area (Å²) in [6, 6.07) is 5.14. The number of alkyl halides is 3. The summed E-state index contributed by atoms with van der Waals surface area (Å²) >= 11 is 1.49. The maximum absolute atomic E-state index is 12.6. The molecule has 102 valence electrons. The topological polar surface area (TPSA) is 24.9 Å².